The molecule has 0 fully saturated rings. The highest BCUT2D eigenvalue weighted by Crippen LogP contribution is 2.30. The molecule has 162 valence electrons. The minimum atomic E-state index is -4.56. The number of halogens is 5. The summed E-state index contributed by atoms with van der Waals surface area (Å²) >= 11 is 6.17. The van der Waals surface area contributed by atoms with Crippen molar-refractivity contribution in [2.75, 3.05) is 5.75 Å². The van der Waals surface area contributed by atoms with Crippen LogP contribution in [0.15, 0.2) is 64.7 Å². The maximum Gasteiger partial charge on any atom is 0.417 e. The molecule has 0 saturated carbocycles. The van der Waals surface area contributed by atoms with Crippen LogP contribution in [0.1, 0.15) is 18.2 Å². The van der Waals surface area contributed by atoms with Gasteiger partial charge in [0.15, 0.2) is 20.8 Å². The van der Waals surface area contributed by atoms with Gasteiger partial charge in [-0.25, -0.2) is 22.8 Å². The van der Waals surface area contributed by atoms with Crippen LogP contribution in [0.4, 0.5) is 23.4 Å². The van der Waals surface area contributed by atoms with Crippen LogP contribution >= 0.6 is 11.6 Å². The van der Waals surface area contributed by atoms with Gasteiger partial charge in [0.05, 0.1) is 16.2 Å². The van der Waals surface area contributed by atoms with Crippen LogP contribution < -0.4 is 0 Å². The molecule has 0 amide bonds. The van der Waals surface area contributed by atoms with E-state index >= 15 is 0 Å². The number of aromatic nitrogens is 2. The Morgan fingerprint density at radius 3 is 2.26 bits per heavy atom. The van der Waals surface area contributed by atoms with Crippen LogP contribution in [0, 0.1) is 5.82 Å². The van der Waals surface area contributed by atoms with Gasteiger partial charge in [0.1, 0.15) is 11.5 Å². The maximum absolute atomic E-state index is 13.2. The van der Waals surface area contributed by atoms with Crippen molar-refractivity contribution in [3.8, 4) is 11.1 Å². The molecule has 0 spiro atoms. The summed E-state index contributed by atoms with van der Waals surface area (Å²) in [5, 5.41) is -0.357. The SMILES string of the molecule is CCS(=O)(=O)c1cc(-c2ccc(F)cc2)cnc1C(Cl)=Nc1ccc(C(F)(F)F)cn1. The van der Waals surface area contributed by atoms with Crippen LogP contribution in [0.5, 0.6) is 0 Å². The zero-order valence-corrected chi connectivity index (χ0v) is 17.4. The number of benzene rings is 1. The Morgan fingerprint density at radius 2 is 1.71 bits per heavy atom. The van der Waals surface area contributed by atoms with E-state index in [-0.39, 0.29) is 27.3 Å². The van der Waals surface area contributed by atoms with Gasteiger partial charge in [-0.05, 0) is 35.9 Å². The number of hydrogen-bond donors (Lipinski definition) is 0. The minimum absolute atomic E-state index is 0.151. The molecule has 0 aliphatic heterocycles. The van der Waals surface area contributed by atoms with E-state index in [4.69, 9.17) is 11.6 Å². The van der Waals surface area contributed by atoms with Gasteiger partial charge in [0.2, 0.25) is 0 Å². The molecule has 0 N–H and O–H groups in total. The Morgan fingerprint density at radius 1 is 1.03 bits per heavy atom. The number of pyridine rings is 2. The number of alkyl halides is 3. The molecule has 2 heterocycles. The lowest BCUT2D eigenvalue weighted by Crippen LogP contribution is -2.11. The largest absolute Gasteiger partial charge is 0.417 e. The van der Waals surface area contributed by atoms with Crippen LogP contribution in [0.25, 0.3) is 11.1 Å². The van der Waals surface area contributed by atoms with Gasteiger partial charge >= 0.3 is 6.18 Å². The molecular formula is C20H14ClF4N3O2S. The van der Waals surface area contributed by atoms with E-state index in [9.17, 15) is 26.0 Å². The van der Waals surface area contributed by atoms with Crippen molar-refractivity contribution in [2.45, 2.75) is 18.0 Å². The zero-order valence-electron chi connectivity index (χ0n) is 15.9. The monoisotopic (exact) mass is 471 g/mol. The number of aliphatic imine (C=N–C) groups is 1. The summed E-state index contributed by atoms with van der Waals surface area (Å²) < 4.78 is 76.4. The molecule has 3 aromatic rings. The molecule has 0 aliphatic rings. The maximum atomic E-state index is 13.2. The van der Waals surface area contributed by atoms with E-state index in [0.29, 0.717) is 17.3 Å². The summed E-state index contributed by atoms with van der Waals surface area (Å²) in [5.74, 6) is -0.853. The summed E-state index contributed by atoms with van der Waals surface area (Å²) in [6, 6.07) is 8.51. The quantitative estimate of drug-likeness (QED) is 0.368. The zero-order chi connectivity index (χ0) is 22.8. The third kappa shape index (κ3) is 5.26. The molecular weight excluding hydrogens is 458 g/mol. The standard InChI is InChI=1S/C20H14ClF4N3O2S/c1-2-31(29,30)16-9-13(12-3-6-15(22)7-4-12)10-27-18(16)19(21)28-17-8-5-14(11-26-17)20(23,24)25/h3-11H,2H2,1H3. The van der Waals surface area contributed by atoms with E-state index in [1.807, 2.05) is 0 Å². The van der Waals surface area contributed by atoms with Crippen molar-refractivity contribution in [3.63, 3.8) is 0 Å². The van der Waals surface area contributed by atoms with Crippen molar-refractivity contribution in [1.29, 1.82) is 0 Å². The fraction of sp³-hybridized carbons (Fsp3) is 0.150. The summed E-state index contributed by atoms with van der Waals surface area (Å²) in [6.07, 6.45) is -2.62. The molecule has 0 unspecified atom stereocenters. The average molecular weight is 472 g/mol. The highest BCUT2D eigenvalue weighted by Gasteiger charge is 2.30. The first kappa shape index (κ1) is 22.8. The lowest BCUT2D eigenvalue weighted by atomic mass is 10.1. The van der Waals surface area contributed by atoms with Gasteiger partial charge in [0, 0.05) is 18.0 Å². The Kier molecular flexibility index (Phi) is 6.42. The second-order valence-electron chi connectivity index (χ2n) is 6.29. The molecule has 0 atom stereocenters. The number of rotatable bonds is 5. The van der Waals surface area contributed by atoms with Gasteiger partial charge in [0.25, 0.3) is 0 Å². The van der Waals surface area contributed by atoms with Crippen LogP contribution in [0.2, 0.25) is 0 Å². The second-order valence-corrected chi connectivity index (χ2v) is 8.89. The van der Waals surface area contributed by atoms with Crippen molar-refractivity contribution in [1.82, 2.24) is 9.97 Å². The number of nitrogens with zero attached hydrogens (tertiary/aromatic N) is 3. The Labute approximate surface area is 180 Å². The first-order valence-corrected chi connectivity index (χ1v) is 10.8. The van der Waals surface area contributed by atoms with Crippen molar-refractivity contribution < 1.29 is 26.0 Å². The highest BCUT2D eigenvalue weighted by molar-refractivity contribution is 7.91. The molecule has 0 aliphatic carbocycles. The van der Waals surface area contributed by atoms with E-state index in [2.05, 4.69) is 15.0 Å². The molecule has 5 nitrogen and oxygen atoms in total. The molecule has 1 aromatic carbocycles. The summed E-state index contributed by atoms with van der Waals surface area (Å²) in [5.41, 5.74) is -0.187. The Bertz CT molecular complexity index is 1230. The van der Waals surface area contributed by atoms with E-state index in [0.717, 1.165) is 12.1 Å². The molecule has 3 rings (SSSR count). The molecule has 0 radical (unpaired) electrons. The molecule has 0 bridgehead atoms. The predicted octanol–water partition coefficient (Wildman–Crippen LogP) is 5.41. The Hall–Kier alpha value is -2.85. The Balaban J connectivity index is 2.07. The van der Waals surface area contributed by atoms with Gasteiger partial charge in [-0.15, -0.1) is 0 Å². The lowest BCUT2D eigenvalue weighted by molar-refractivity contribution is -0.137. The molecule has 2 aromatic heterocycles. The first-order chi connectivity index (χ1) is 14.5. The third-order valence-corrected chi connectivity index (χ3v) is 6.23. The van der Waals surface area contributed by atoms with E-state index in [1.165, 1.54) is 43.5 Å². The first-order valence-electron chi connectivity index (χ1n) is 8.78. The van der Waals surface area contributed by atoms with E-state index in [1.54, 1.807) is 0 Å². The number of hydrogen-bond acceptors (Lipinski definition) is 5. The third-order valence-electron chi connectivity index (χ3n) is 4.23. The number of sulfone groups is 1. The lowest BCUT2D eigenvalue weighted by Gasteiger charge is -2.10. The van der Waals surface area contributed by atoms with Crippen molar-refractivity contribution in [3.05, 3.63) is 71.9 Å². The van der Waals surface area contributed by atoms with Crippen LogP contribution in [-0.4, -0.2) is 29.3 Å². The van der Waals surface area contributed by atoms with Gasteiger partial charge in [-0.3, -0.25) is 4.98 Å². The second kappa shape index (κ2) is 8.72. The van der Waals surface area contributed by atoms with E-state index < -0.39 is 27.4 Å². The summed E-state index contributed by atoms with van der Waals surface area (Å²) in [4.78, 5) is 11.4. The van der Waals surface area contributed by atoms with Gasteiger partial charge in [-0.2, -0.15) is 13.2 Å². The molecule has 11 heteroatoms. The average Bonchev–Trinajstić information content (AvgIpc) is 2.73. The van der Waals surface area contributed by atoms with Crippen LogP contribution in [-0.2, 0) is 16.0 Å². The van der Waals surface area contributed by atoms with Crippen molar-refractivity contribution >= 4 is 32.4 Å². The normalized spacial score (nSPS) is 12.8. The van der Waals surface area contributed by atoms with Crippen LogP contribution in [0.3, 0.4) is 0 Å². The summed E-state index contributed by atoms with van der Waals surface area (Å²) in [7, 11) is -3.80. The fourth-order valence-electron chi connectivity index (χ4n) is 2.57. The van der Waals surface area contributed by atoms with Gasteiger partial charge < -0.3 is 0 Å². The highest BCUT2D eigenvalue weighted by atomic mass is 35.5. The summed E-state index contributed by atoms with van der Waals surface area (Å²) in [6.45, 7) is 1.44. The fourth-order valence-corrected chi connectivity index (χ4v) is 3.92. The topological polar surface area (TPSA) is 72.3 Å². The van der Waals surface area contributed by atoms with Crippen molar-refractivity contribution in [2.24, 2.45) is 4.99 Å². The molecule has 0 saturated heterocycles. The smallest absolute Gasteiger partial charge is 0.252 e. The van der Waals surface area contributed by atoms with Gasteiger partial charge in [-0.1, -0.05) is 30.7 Å². The predicted molar refractivity (Wildman–Crippen MR) is 109 cm³/mol. The minimum Gasteiger partial charge on any atom is -0.252 e. The molecule has 31 heavy (non-hydrogen) atoms.